The van der Waals surface area contributed by atoms with E-state index in [1.165, 1.54) is 5.56 Å². The fourth-order valence-electron chi connectivity index (χ4n) is 2.38. The zero-order chi connectivity index (χ0) is 12.4. The molecule has 18 heavy (non-hydrogen) atoms. The molecular weight excluding hydrogens is 238 g/mol. The SMILES string of the molecule is N#C[C@@]1(c2ccccc2)C[C@@H](c2ccccc2)S1. The predicted octanol–water partition coefficient (Wildman–Crippen LogP) is 4.28. The van der Waals surface area contributed by atoms with Crippen LogP contribution in [0.5, 0.6) is 0 Å². The monoisotopic (exact) mass is 251 g/mol. The maximum absolute atomic E-state index is 9.48. The molecule has 1 nitrogen and oxygen atoms in total. The van der Waals surface area contributed by atoms with Crippen molar-refractivity contribution in [3.05, 3.63) is 71.8 Å². The van der Waals surface area contributed by atoms with Gasteiger partial charge in [0.15, 0.2) is 0 Å². The number of hydrogen-bond acceptors (Lipinski definition) is 2. The van der Waals surface area contributed by atoms with E-state index in [9.17, 15) is 5.26 Å². The van der Waals surface area contributed by atoms with E-state index in [2.05, 4.69) is 42.5 Å². The number of benzene rings is 2. The number of hydrogen-bond donors (Lipinski definition) is 0. The fourth-order valence-corrected chi connectivity index (χ4v) is 3.78. The average molecular weight is 251 g/mol. The van der Waals surface area contributed by atoms with E-state index in [-0.39, 0.29) is 4.75 Å². The van der Waals surface area contributed by atoms with E-state index in [1.807, 2.05) is 24.3 Å². The van der Waals surface area contributed by atoms with Crippen molar-refractivity contribution in [1.29, 1.82) is 5.26 Å². The molecule has 1 saturated heterocycles. The molecule has 3 rings (SSSR count). The average Bonchev–Trinajstić information content (AvgIpc) is 2.41. The van der Waals surface area contributed by atoms with Gasteiger partial charge in [0.05, 0.1) is 6.07 Å². The van der Waals surface area contributed by atoms with E-state index in [0.717, 1.165) is 12.0 Å². The summed E-state index contributed by atoms with van der Waals surface area (Å²) in [6.45, 7) is 0. The first-order valence-corrected chi connectivity index (χ1v) is 6.91. The lowest BCUT2D eigenvalue weighted by atomic mass is 9.90. The molecule has 1 aliphatic heterocycles. The molecule has 0 unspecified atom stereocenters. The van der Waals surface area contributed by atoms with Crippen molar-refractivity contribution >= 4 is 11.8 Å². The minimum atomic E-state index is -0.345. The minimum absolute atomic E-state index is 0.345. The topological polar surface area (TPSA) is 23.8 Å². The van der Waals surface area contributed by atoms with E-state index >= 15 is 0 Å². The summed E-state index contributed by atoms with van der Waals surface area (Å²) in [7, 11) is 0. The Kier molecular flexibility index (Phi) is 2.85. The van der Waals surface area contributed by atoms with Crippen LogP contribution in [0.3, 0.4) is 0 Å². The molecule has 0 N–H and O–H groups in total. The van der Waals surface area contributed by atoms with Gasteiger partial charge >= 0.3 is 0 Å². The summed E-state index contributed by atoms with van der Waals surface area (Å²) in [6.07, 6.45) is 0.905. The summed E-state index contributed by atoms with van der Waals surface area (Å²) in [4.78, 5) is 0. The molecule has 0 saturated carbocycles. The Morgan fingerprint density at radius 3 is 2.11 bits per heavy atom. The lowest BCUT2D eigenvalue weighted by Gasteiger charge is -2.42. The molecule has 2 aromatic rings. The minimum Gasteiger partial charge on any atom is -0.196 e. The van der Waals surface area contributed by atoms with Crippen LogP contribution in [0.2, 0.25) is 0 Å². The summed E-state index contributed by atoms with van der Waals surface area (Å²) in [5.41, 5.74) is 2.45. The first-order valence-electron chi connectivity index (χ1n) is 6.04. The maximum Gasteiger partial charge on any atom is 0.129 e. The van der Waals surface area contributed by atoms with E-state index < -0.39 is 0 Å². The summed E-state index contributed by atoms with van der Waals surface area (Å²) in [6, 6.07) is 23.0. The van der Waals surface area contributed by atoms with Crippen molar-refractivity contribution in [2.75, 3.05) is 0 Å². The van der Waals surface area contributed by atoms with Gasteiger partial charge in [0, 0.05) is 5.25 Å². The van der Waals surface area contributed by atoms with Crippen molar-refractivity contribution < 1.29 is 0 Å². The Labute approximate surface area is 111 Å². The first-order chi connectivity index (χ1) is 8.84. The molecule has 0 radical (unpaired) electrons. The Morgan fingerprint density at radius 1 is 1.00 bits per heavy atom. The largest absolute Gasteiger partial charge is 0.196 e. The smallest absolute Gasteiger partial charge is 0.129 e. The second kappa shape index (κ2) is 4.51. The molecule has 0 amide bonds. The number of rotatable bonds is 2. The van der Waals surface area contributed by atoms with Crippen LogP contribution < -0.4 is 0 Å². The van der Waals surface area contributed by atoms with Crippen LogP contribution in [0, 0.1) is 11.3 Å². The Bertz CT molecular complexity index is 565. The maximum atomic E-state index is 9.48. The van der Waals surface area contributed by atoms with Crippen molar-refractivity contribution in [3.8, 4) is 6.07 Å². The number of thioether (sulfide) groups is 1. The zero-order valence-corrected chi connectivity index (χ0v) is 10.7. The van der Waals surface area contributed by atoms with Crippen molar-refractivity contribution in [3.63, 3.8) is 0 Å². The van der Waals surface area contributed by atoms with Crippen LogP contribution in [-0.4, -0.2) is 0 Å². The summed E-state index contributed by atoms with van der Waals surface area (Å²) >= 11 is 1.77. The molecule has 0 spiro atoms. The first kappa shape index (κ1) is 11.4. The van der Waals surface area contributed by atoms with Gasteiger partial charge in [-0.3, -0.25) is 0 Å². The predicted molar refractivity (Wildman–Crippen MR) is 75.1 cm³/mol. The van der Waals surface area contributed by atoms with Gasteiger partial charge in [-0.05, 0) is 17.5 Å². The summed E-state index contributed by atoms with van der Waals surface area (Å²) < 4.78 is -0.345. The molecule has 2 aromatic carbocycles. The van der Waals surface area contributed by atoms with Crippen molar-refractivity contribution in [2.45, 2.75) is 16.4 Å². The third-order valence-corrected chi connectivity index (χ3v) is 5.03. The van der Waals surface area contributed by atoms with Gasteiger partial charge in [-0.1, -0.05) is 60.7 Å². The molecule has 0 bridgehead atoms. The van der Waals surface area contributed by atoms with Crippen LogP contribution >= 0.6 is 11.8 Å². The van der Waals surface area contributed by atoms with Crippen molar-refractivity contribution in [2.24, 2.45) is 0 Å². The highest BCUT2D eigenvalue weighted by molar-refractivity contribution is 8.02. The molecule has 2 heteroatoms. The third-order valence-electron chi connectivity index (χ3n) is 3.41. The van der Waals surface area contributed by atoms with Gasteiger partial charge < -0.3 is 0 Å². The number of nitriles is 1. The molecule has 1 fully saturated rings. The molecule has 88 valence electrons. The van der Waals surface area contributed by atoms with E-state index in [1.54, 1.807) is 11.8 Å². The second-order valence-corrected chi connectivity index (χ2v) is 6.03. The molecule has 1 aliphatic rings. The van der Waals surface area contributed by atoms with Crippen LogP contribution in [-0.2, 0) is 4.75 Å². The third kappa shape index (κ3) is 1.81. The van der Waals surface area contributed by atoms with Crippen molar-refractivity contribution in [1.82, 2.24) is 0 Å². The highest BCUT2D eigenvalue weighted by atomic mass is 32.2. The Balaban J connectivity index is 1.83. The molecular formula is C16H13NS. The van der Waals surface area contributed by atoms with Gasteiger partial charge in [-0.15, -0.1) is 11.8 Å². The van der Waals surface area contributed by atoms with Gasteiger partial charge in [0.1, 0.15) is 4.75 Å². The van der Waals surface area contributed by atoms with Gasteiger partial charge in [0.2, 0.25) is 0 Å². The van der Waals surface area contributed by atoms with Crippen LogP contribution in [0.4, 0.5) is 0 Å². The Morgan fingerprint density at radius 2 is 1.56 bits per heavy atom. The quantitative estimate of drug-likeness (QED) is 0.795. The van der Waals surface area contributed by atoms with Crippen LogP contribution in [0.1, 0.15) is 22.8 Å². The summed E-state index contributed by atoms with van der Waals surface area (Å²) in [5.74, 6) is 0. The highest BCUT2D eigenvalue weighted by Crippen LogP contribution is 2.61. The molecule has 2 atom stereocenters. The normalized spacial score (nSPS) is 26.1. The van der Waals surface area contributed by atoms with Gasteiger partial charge in [-0.2, -0.15) is 5.26 Å². The lowest BCUT2D eigenvalue weighted by Crippen LogP contribution is -2.32. The molecule has 0 aromatic heterocycles. The Hall–Kier alpha value is -1.72. The van der Waals surface area contributed by atoms with E-state index in [4.69, 9.17) is 0 Å². The fraction of sp³-hybridized carbons (Fsp3) is 0.188. The summed E-state index contributed by atoms with van der Waals surface area (Å²) in [5, 5.41) is 9.93. The molecule has 0 aliphatic carbocycles. The van der Waals surface area contributed by atoms with Gasteiger partial charge in [0.25, 0.3) is 0 Å². The second-order valence-electron chi connectivity index (χ2n) is 4.53. The van der Waals surface area contributed by atoms with E-state index in [0.29, 0.717) is 5.25 Å². The molecule has 1 heterocycles. The highest BCUT2D eigenvalue weighted by Gasteiger charge is 2.47. The lowest BCUT2D eigenvalue weighted by molar-refractivity contribution is 0.617. The standard InChI is InChI=1S/C16H13NS/c17-12-16(14-9-5-2-6-10-14)11-15(18-16)13-7-3-1-4-8-13/h1-10,15H,11H2/t15-,16+/m0/s1. The zero-order valence-electron chi connectivity index (χ0n) is 9.91. The van der Waals surface area contributed by atoms with Gasteiger partial charge in [-0.25, -0.2) is 0 Å². The van der Waals surface area contributed by atoms with Crippen LogP contribution in [0.25, 0.3) is 0 Å². The van der Waals surface area contributed by atoms with Crippen LogP contribution in [0.15, 0.2) is 60.7 Å². The number of nitrogens with zero attached hydrogens (tertiary/aromatic N) is 1.